The zero-order valence-electron chi connectivity index (χ0n) is 17.4. The van der Waals surface area contributed by atoms with Gasteiger partial charge in [-0.1, -0.05) is 18.2 Å². The van der Waals surface area contributed by atoms with Gasteiger partial charge < -0.3 is 14.4 Å². The molecule has 2 heterocycles. The number of ether oxygens (including phenoxy) is 2. The minimum absolute atomic E-state index is 0.273. The van der Waals surface area contributed by atoms with Gasteiger partial charge in [0, 0.05) is 13.2 Å². The van der Waals surface area contributed by atoms with Gasteiger partial charge in [-0.3, -0.25) is 4.98 Å². The summed E-state index contributed by atoms with van der Waals surface area (Å²) in [5.41, 5.74) is 1.42. The maximum Gasteiger partial charge on any atom is 0.433 e. The van der Waals surface area contributed by atoms with Crippen molar-refractivity contribution in [2.45, 2.75) is 45.1 Å². The lowest BCUT2D eigenvalue weighted by atomic mass is 9.89. The van der Waals surface area contributed by atoms with Gasteiger partial charge in [-0.05, 0) is 61.6 Å². The smallest absolute Gasteiger partial charge is 0.433 e. The Labute approximate surface area is 173 Å². The molecule has 0 N–H and O–H groups in total. The molecular formula is C22H25F3N2O3. The van der Waals surface area contributed by atoms with Crippen LogP contribution in [0.2, 0.25) is 0 Å². The largest absolute Gasteiger partial charge is 0.444 e. The molecule has 0 unspecified atom stereocenters. The molecule has 2 aromatic rings. The molecule has 0 saturated carbocycles. The molecule has 30 heavy (non-hydrogen) atoms. The number of fused-ring (bicyclic) bond motifs is 1. The summed E-state index contributed by atoms with van der Waals surface area (Å²) in [7, 11) is 1.63. The van der Waals surface area contributed by atoms with E-state index in [1.54, 1.807) is 46.0 Å². The maximum absolute atomic E-state index is 13.1. The van der Waals surface area contributed by atoms with E-state index in [1.165, 1.54) is 11.1 Å². The molecule has 8 heteroatoms. The number of nitrogens with zero attached hydrogens (tertiary/aromatic N) is 2. The fourth-order valence-electron chi connectivity index (χ4n) is 3.42. The van der Waals surface area contributed by atoms with E-state index in [4.69, 9.17) is 9.47 Å². The van der Waals surface area contributed by atoms with Crippen LogP contribution in [0.4, 0.5) is 18.0 Å². The van der Waals surface area contributed by atoms with Crippen molar-refractivity contribution in [3.63, 3.8) is 0 Å². The highest BCUT2D eigenvalue weighted by Crippen LogP contribution is 2.36. The maximum atomic E-state index is 13.1. The normalized spacial score (nSPS) is 16.7. The summed E-state index contributed by atoms with van der Waals surface area (Å²) in [6, 6.07) is 8.11. The van der Waals surface area contributed by atoms with Crippen LogP contribution in [0.3, 0.4) is 0 Å². The van der Waals surface area contributed by atoms with E-state index >= 15 is 0 Å². The van der Waals surface area contributed by atoms with Crippen LogP contribution in [0.1, 0.15) is 43.7 Å². The van der Waals surface area contributed by atoms with Gasteiger partial charge in [0.2, 0.25) is 0 Å². The van der Waals surface area contributed by atoms with Crippen LogP contribution in [0.5, 0.6) is 0 Å². The molecule has 162 valence electrons. The first-order valence-corrected chi connectivity index (χ1v) is 9.67. The first-order chi connectivity index (χ1) is 14.0. The van der Waals surface area contributed by atoms with Crippen molar-refractivity contribution in [2.75, 3.05) is 20.2 Å². The van der Waals surface area contributed by atoms with Gasteiger partial charge in [0.25, 0.3) is 0 Å². The molecule has 0 aliphatic carbocycles. The SMILES string of the molecule is CN(C[C@@H]1OCCc2c(-c3ccnc(C(F)(F)F)c3)cccc21)C(=O)OC(C)(C)C. The Hall–Kier alpha value is -2.61. The van der Waals surface area contributed by atoms with Gasteiger partial charge in [0.05, 0.1) is 13.2 Å². The number of aromatic nitrogens is 1. The fourth-order valence-corrected chi connectivity index (χ4v) is 3.42. The van der Waals surface area contributed by atoms with Gasteiger partial charge >= 0.3 is 12.3 Å². The molecule has 1 aromatic heterocycles. The van der Waals surface area contributed by atoms with Crippen molar-refractivity contribution < 1.29 is 27.4 Å². The lowest BCUT2D eigenvalue weighted by Gasteiger charge is -2.32. The molecule has 1 atom stereocenters. The van der Waals surface area contributed by atoms with Gasteiger partial charge in [-0.25, -0.2) is 4.79 Å². The molecule has 0 spiro atoms. The number of carbonyl (C=O) groups is 1. The molecule has 5 nitrogen and oxygen atoms in total. The molecule has 0 fully saturated rings. The van der Waals surface area contributed by atoms with E-state index in [1.807, 2.05) is 6.07 Å². The number of hydrogen-bond donors (Lipinski definition) is 0. The molecular weight excluding hydrogens is 397 g/mol. The van der Waals surface area contributed by atoms with E-state index in [9.17, 15) is 18.0 Å². The lowest BCUT2D eigenvalue weighted by molar-refractivity contribution is -0.141. The van der Waals surface area contributed by atoms with Crippen molar-refractivity contribution in [3.05, 3.63) is 53.3 Å². The molecule has 0 saturated heterocycles. The number of hydrogen-bond acceptors (Lipinski definition) is 4. The van der Waals surface area contributed by atoms with Gasteiger partial charge in [0.1, 0.15) is 17.4 Å². The second kappa shape index (κ2) is 8.26. The number of carbonyl (C=O) groups excluding carboxylic acids is 1. The number of amides is 1. The fraction of sp³-hybridized carbons (Fsp3) is 0.455. The Bertz CT molecular complexity index is 923. The average molecular weight is 422 g/mol. The Morgan fingerprint density at radius 3 is 2.67 bits per heavy atom. The molecule has 1 aliphatic rings. The molecule has 0 radical (unpaired) electrons. The van der Waals surface area contributed by atoms with E-state index in [-0.39, 0.29) is 6.54 Å². The predicted octanol–water partition coefficient (Wildman–Crippen LogP) is 5.25. The third kappa shape index (κ3) is 5.11. The Morgan fingerprint density at radius 1 is 1.27 bits per heavy atom. The Morgan fingerprint density at radius 2 is 2.00 bits per heavy atom. The first kappa shape index (κ1) is 22.1. The summed E-state index contributed by atoms with van der Waals surface area (Å²) in [5.74, 6) is 0. The zero-order valence-corrected chi connectivity index (χ0v) is 17.4. The Kier molecular flexibility index (Phi) is 6.08. The third-order valence-corrected chi connectivity index (χ3v) is 4.74. The molecule has 0 bridgehead atoms. The highest BCUT2D eigenvalue weighted by molar-refractivity contribution is 5.70. The quantitative estimate of drug-likeness (QED) is 0.678. The summed E-state index contributed by atoms with van der Waals surface area (Å²) in [5, 5.41) is 0. The summed E-state index contributed by atoms with van der Waals surface area (Å²) in [6.45, 7) is 6.06. The lowest BCUT2D eigenvalue weighted by Crippen LogP contribution is -2.38. The van der Waals surface area contributed by atoms with E-state index < -0.39 is 29.7 Å². The number of pyridine rings is 1. The number of halogens is 3. The summed E-state index contributed by atoms with van der Waals surface area (Å²) < 4.78 is 50.5. The summed E-state index contributed by atoms with van der Waals surface area (Å²) in [6.07, 6.45) is -3.62. The second-order valence-corrected chi connectivity index (χ2v) is 8.27. The van der Waals surface area contributed by atoms with Crippen molar-refractivity contribution in [1.82, 2.24) is 9.88 Å². The number of alkyl halides is 3. The number of benzene rings is 1. The molecule has 1 aromatic carbocycles. The van der Waals surface area contributed by atoms with Crippen molar-refractivity contribution in [1.29, 1.82) is 0 Å². The minimum atomic E-state index is -4.51. The summed E-state index contributed by atoms with van der Waals surface area (Å²) >= 11 is 0. The number of rotatable bonds is 3. The zero-order chi connectivity index (χ0) is 22.1. The van der Waals surface area contributed by atoms with Crippen LogP contribution in [-0.2, 0) is 22.1 Å². The van der Waals surface area contributed by atoms with Crippen LogP contribution in [0.25, 0.3) is 11.1 Å². The van der Waals surface area contributed by atoms with Crippen LogP contribution >= 0.6 is 0 Å². The second-order valence-electron chi connectivity index (χ2n) is 8.27. The van der Waals surface area contributed by atoms with Crippen molar-refractivity contribution in [3.8, 4) is 11.1 Å². The predicted molar refractivity (Wildman–Crippen MR) is 106 cm³/mol. The standard InChI is InChI=1S/C22H25F3N2O3/c1-21(2,3)30-20(28)27(4)13-18-17-7-5-6-15(16(17)9-11-29-18)14-8-10-26-19(12-14)22(23,24)25/h5-8,10,12,18H,9,11,13H2,1-4H3/t18-/m0/s1. The monoisotopic (exact) mass is 422 g/mol. The summed E-state index contributed by atoms with van der Waals surface area (Å²) in [4.78, 5) is 17.2. The van der Waals surface area contributed by atoms with E-state index in [2.05, 4.69) is 4.98 Å². The van der Waals surface area contributed by atoms with Gasteiger partial charge in [0.15, 0.2) is 0 Å². The van der Waals surface area contributed by atoms with Crippen molar-refractivity contribution >= 4 is 6.09 Å². The number of likely N-dealkylation sites (N-methyl/N-ethyl adjacent to an activating group) is 1. The van der Waals surface area contributed by atoms with Gasteiger partial charge in [-0.15, -0.1) is 0 Å². The Balaban J connectivity index is 1.89. The van der Waals surface area contributed by atoms with E-state index in [0.717, 1.165) is 17.2 Å². The van der Waals surface area contributed by atoms with Crippen LogP contribution < -0.4 is 0 Å². The molecule has 1 amide bonds. The third-order valence-electron chi connectivity index (χ3n) is 4.74. The average Bonchev–Trinajstić information content (AvgIpc) is 2.66. The van der Waals surface area contributed by atoms with Crippen LogP contribution in [0.15, 0.2) is 36.5 Å². The highest BCUT2D eigenvalue weighted by atomic mass is 19.4. The molecule has 3 rings (SSSR count). The van der Waals surface area contributed by atoms with Gasteiger partial charge in [-0.2, -0.15) is 13.2 Å². The van der Waals surface area contributed by atoms with Crippen molar-refractivity contribution in [2.24, 2.45) is 0 Å². The van der Waals surface area contributed by atoms with Crippen LogP contribution in [0, 0.1) is 0 Å². The minimum Gasteiger partial charge on any atom is -0.444 e. The van der Waals surface area contributed by atoms with E-state index in [0.29, 0.717) is 24.2 Å². The first-order valence-electron chi connectivity index (χ1n) is 9.67. The van der Waals surface area contributed by atoms with Crippen LogP contribution in [-0.4, -0.2) is 41.8 Å². The highest BCUT2D eigenvalue weighted by Gasteiger charge is 2.33. The molecule has 1 aliphatic heterocycles. The topological polar surface area (TPSA) is 51.7 Å².